The Balaban J connectivity index is 2.30. The van der Waals surface area contributed by atoms with Crippen molar-refractivity contribution in [2.45, 2.75) is 19.4 Å². The molecule has 1 fully saturated rings. The molecule has 1 atom stereocenters. The van der Waals surface area contributed by atoms with Gasteiger partial charge in [-0.2, -0.15) is 5.26 Å². The van der Waals surface area contributed by atoms with Crippen molar-refractivity contribution in [3.63, 3.8) is 0 Å². The lowest BCUT2D eigenvalue weighted by Gasteiger charge is -2.24. The maximum absolute atomic E-state index is 10.8. The summed E-state index contributed by atoms with van der Waals surface area (Å²) in [4.78, 5) is 12.4. The van der Waals surface area contributed by atoms with Crippen LogP contribution in [-0.2, 0) is 4.74 Å². The van der Waals surface area contributed by atoms with Gasteiger partial charge in [0.05, 0.1) is 11.0 Å². The number of nitro benzene ring substituents is 1. The van der Waals surface area contributed by atoms with Gasteiger partial charge in [0.2, 0.25) is 0 Å². The van der Waals surface area contributed by atoms with Crippen molar-refractivity contribution in [2.24, 2.45) is 0 Å². The Morgan fingerprint density at radius 2 is 2.37 bits per heavy atom. The third-order valence-electron chi connectivity index (χ3n) is 3.11. The molecule has 1 aromatic carbocycles. The molecule has 6 nitrogen and oxygen atoms in total. The van der Waals surface area contributed by atoms with Gasteiger partial charge in [-0.05, 0) is 25.5 Å². The van der Waals surface area contributed by atoms with Gasteiger partial charge in [0.15, 0.2) is 0 Å². The summed E-state index contributed by atoms with van der Waals surface area (Å²) in [5, 5.41) is 19.8. The minimum Gasteiger partial charge on any atom is -0.377 e. The molecular weight excluding hydrogens is 246 g/mol. The summed E-state index contributed by atoms with van der Waals surface area (Å²) in [6, 6.07) is 6.55. The van der Waals surface area contributed by atoms with Crippen LogP contribution in [0, 0.1) is 21.4 Å². The zero-order chi connectivity index (χ0) is 13.8. The summed E-state index contributed by atoms with van der Waals surface area (Å²) in [6.07, 6.45) is 1.02. The fraction of sp³-hybridized carbons (Fsp3) is 0.462. The monoisotopic (exact) mass is 261 g/mol. The Hall–Kier alpha value is -2.13. The van der Waals surface area contributed by atoms with Crippen molar-refractivity contribution in [1.29, 1.82) is 5.26 Å². The summed E-state index contributed by atoms with van der Waals surface area (Å²) < 4.78 is 5.56. The lowest BCUT2D eigenvalue weighted by molar-refractivity contribution is -0.385. The van der Waals surface area contributed by atoms with E-state index in [1.165, 1.54) is 6.07 Å². The average Bonchev–Trinajstić information content (AvgIpc) is 2.62. The van der Waals surface area contributed by atoms with E-state index >= 15 is 0 Å². The number of nitro groups is 1. The second kappa shape index (κ2) is 5.67. The molecule has 0 aromatic heterocycles. The van der Waals surface area contributed by atoms with E-state index in [9.17, 15) is 10.1 Å². The van der Waals surface area contributed by atoms with Crippen molar-refractivity contribution in [3.8, 4) is 6.07 Å². The number of ether oxygens (including phenoxy) is 1. The standard InChI is InChI=1S/C13H15N3O3/c1-10-9-15(5-2-6-19-10)12-3-4-13(16(17)18)11(7-12)8-14/h3-4,7,10H,2,5-6,9H2,1H3. The van der Waals surface area contributed by atoms with Gasteiger partial charge in [0, 0.05) is 31.5 Å². The van der Waals surface area contributed by atoms with Crippen LogP contribution in [0.5, 0.6) is 0 Å². The molecule has 1 unspecified atom stereocenters. The molecule has 1 aliphatic rings. The molecule has 6 heteroatoms. The topological polar surface area (TPSA) is 79.4 Å². The van der Waals surface area contributed by atoms with Gasteiger partial charge in [0.25, 0.3) is 5.69 Å². The molecule has 100 valence electrons. The first-order valence-corrected chi connectivity index (χ1v) is 6.17. The molecule has 2 rings (SSSR count). The Morgan fingerprint density at radius 3 is 3.05 bits per heavy atom. The van der Waals surface area contributed by atoms with Gasteiger partial charge >= 0.3 is 0 Å². The van der Waals surface area contributed by atoms with Crippen LogP contribution in [-0.4, -0.2) is 30.7 Å². The van der Waals surface area contributed by atoms with E-state index in [1.807, 2.05) is 13.0 Å². The summed E-state index contributed by atoms with van der Waals surface area (Å²) in [7, 11) is 0. The number of nitrogens with zero attached hydrogens (tertiary/aromatic N) is 3. The zero-order valence-corrected chi connectivity index (χ0v) is 10.7. The smallest absolute Gasteiger partial charge is 0.287 e. The first-order valence-electron chi connectivity index (χ1n) is 6.17. The minimum atomic E-state index is -0.531. The van der Waals surface area contributed by atoms with Crippen LogP contribution >= 0.6 is 0 Å². The largest absolute Gasteiger partial charge is 0.377 e. The molecule has 1 heterocycles. The molecular formula is C13H15N3O3. The molecule has 0 aliphatic carbocycles. The average molecular weight is 261 g/mol. The van der Waals surface area contributed by atoms with Crippen molar-refractivity contribution in [1.82, 2.24) is 0 Å². The second-order valence-electron chi connectivity index (χ2n) is 4.55. The summed E-state index contributed by atoms with van der Waals surface area (Å²) in [5.41, 5.74) is 0.783. The number of hydrogen-bond donors (Lipinski definition) is 0. The highest BCUT2D eigenvalue weighted by atomic mass is 16.6. The molecule has 0 saturated carbocycles. The van der Waals surface area contributed by atoms with E-state index in [-0.39, 0.29) is 17.4 Å². The molecule has 0 amide bonds. The second-order valence-corrected chi connectivity index (χ2v) is 4.55. The van der Waals surface area contributed by atoms with Crippen LogP contribution in [0.15, 0.2) is 18.2 Å². The van der Waals surface area contributed by atoms with Gasteiger partial charge in [-0.25, -0.2) is 0 Å². The molecule has 1 aliphatic heterocycles. The lowest BCUT2D eigenvalue weighted by atomic mass is 10.1. The zero-order valence-electron chi connectivity index (χ0n) is 10.7. The summed E-state index contributed by atoms with van der Waals surface area (Å²) in [5.74, 6) is 0. The number of anilines is 1. The van der Waals surface area contributed by atoms with E-state index < -0.39 is 4.92 Å². The van der Waals surface area contributed by atoms with Gasteiger partial charge in [-0.1, -0.05) is 0 Å². The third-order valence-corrected chi connectivity index (χ3v) is 3.11. The van der Waals surface area contributed by atoms with Crippen molar-refractivity contribution < 1.29 is 9.66 Å². The molecule has 1 saturated heterocycles. The van der Waals surface area contributed by atoms with E-state index in [4.69, 9.17) is 10.00 Å². The minimum absolute atomic E-state index is 0.0975. The van der Waals surface area contributed by atoms with E-state index in [1.54, 1.807) is 12.1 Å². The predicted octanol–water partition coefficient (Wildman–Crippen LogP) is 2.08. The Bertz CT molecular complexity index is 524. The van der Waals surface area contributed by atoms with Crippen LogP contribution in [0.4, 0.5) is 11.4 Å². The molecule has 1 aromatic rings. The maximum atomic E-state index is 10.8. The summed E-state index contributed by atoms with van der Waals surface area (Å²) in [6.45, 7) is 4.26. The normalized spacial score (nSPS) is 19.6. The third kappa shape index (κ3) is 3.01. The van der Waals surface area contributed by atoms with Crippen LogP contribution in [0.25, 0.3) is 0 Å². The number of hydrogen-bond acceptors (Lipinski definition) is 5. The highest BCUT2D eigenvalue weighted by Crippen LogP contribution is 2.25. The van der Waals surface area contributed by atoms with Crippen molar-refractivity contribution in [2.75, 3.05) is 24.6 Å². The van der Waals surface area contributed by atoms with E-state index in [2.05, 4.69) is 4.90 Å². The molecule has 0 radical (unpaired) electrons. The van der Waals surface area contributed by atoms with Crippen LogP contribution in [0.1, 0.15) is 18.9 Å². The van der Waals surface area contributed by atoms with Crippen molar-refractivity contribution >= 4 is 11.4 Å². The molecule has 0 N–H and O–H groups in total. The maximum Gasteiger partial charge on any atom is 0.287 e. The number of nitriles is 1. The van der Waals surface area contributed by atoms with E-state index in [0.29, 0.717) is 0 Å². The molecule has 0 bridgehead atoms. The Labute approximate surface area is 111 Å². The first-order chi connectivity index (χ1) is 9.11. The van der Waals surface area contributed by atoms with Crippen LogP contribution in [0.2, 0.25) is 0 Å². The Kier molecular flexibility index (Phi) is 3.97. The lowest BCUT2D eigenvalue weighted by Crippen LogP contribution is -2.30. The SMILES string of the molecule is CC1CN(c2ccc([N+](=O)[O-])c(C#N)c2)CCCO1. The highest BCUT2D eigenvalue weighted by molar-refractivity contribution is 5.60. The number of benzene rings is 1. The van der Waals surface area contributed by atoms with Gasteiger partial charge in [-0.3, -0.25) is 10.1 Å². The first kappa shape index (κ1) is 13.3. The van der Waals surface area contributed by atoms with E-state index in [0.717, 1.165) is 31.8 Å². The fourth-order valence-corrected chi connectivity index (χ4v) is 2.20. The van der Waals surface area contributed by atoms with Crippen LogP contribution in [0.3, 0.4) is 0 Å². The van der Waals surface area contributed by atoms with Gasteiger partial charge < -0.3 is 9.64 Å². The number of rotatable bonds is 2. The van der Waals surface area contributed by atoms with Gasteiger partial charge in [0.1, 0.15) is 11.6 Å². The summed E-state index contributed by atoms with van der Waals surface area (Å²) >= 11 is 0. The van der Waals surface area contributed by atoms with Crippen LogP contribution < -0.4 is 4.90 Å². The predicted molar refractivity (Wildman–Crippen MR) is 70.1 cm³/mol. The molecule has 0 spiro atoms. The molecule has 19 heavy (non-hydrogen) atoms. The highest BCUT2D eigenvalue weighted by Gasteiger charge is 2.19. The van der Waals surface area contributed by atoms with Crippen molar-refractivity contribution in [3.05, 3.63) is 33.9 Å². The Morgan fingerprint density at radius 1 is 1.58 bits per heavy atom. The fourth-order valence-electron chi connectivity index (χ4n) is 2.20. The van der Waals surface area contributed by atoms with Gasteiger partial charge in [-0.15, -0.1) is 0 Å². The quantitative estimate of drug-likeness (QED) is 0.601.